The van der Waals surface area contributed by atoms with Gasteiger partial charge in [0.25, 0.3) is 0 Å². The van der Waals surface area contributed by atoms with Crippen LogP contribution in [-0.4, -0.2) is 31.9 Å². The number of fused-ring (bicyclic) bond motifs is 1. The molecule has 0 radical (unpaired) electrons. The molecule has 0 spiro atoms. The van der Waals surface area contributed by atoms with E-state index in [1.165, 1.54) is 23.4 Å². The van der Waals surface area contributed by atoms with Crippen LogP contribution in [0.2, 0.25) is 0 Å². The summed E-state index contributed by atoms with van der Waals surface area (Å²) in [5.74, 6) is -1.85. The van der Waals surface area contributed by atoms with Crippen LogP contribution in [0.25, 0.3) is 11.3 Å². The first-order chi connectivity index (χ1) is 14.2. The Balaban J connectivity index is 1.55. The van der Waals surface area contributed by atoms with Crippen LogP contribution in [0.3, 0.4) is 0 Å². The Morgan fingerprint density at radius 2 is 1.87 bits per heavy atom. The molecular formula is C20H15F5N4O. The minimum absolute atomic E-state index is 0.113. The molecule has 5 nitrogen and oxygen atoms in total. The molecule has 0 saturated heterocycles. The van der Waals surface area contributed by atoms with Crippen molar-refractivity contribution in [3.8, 4) is 11.3 Å². The fraction of sp³-hybridized carbons (Fsp3) is 0.250. The van der Waals surface area contributed by atoms with Gasteiger partial charge in [0.1, 0.15) is 17.3 Å². The highest BCUT2D eigenvalue weighted by molar-refractivity contribution is 5.79. The molecule has 0 atom stereocenters. The number of amides is 1. The Bertz CT molecular complexity index is 1110. The van der Waals surface area contributed by atoms with Gasteiger partial charge in [0.2, 0.25) is 5.91 Å². The van der Waals surface area contributed by atoms with Gasteiger partial charge in [-0.25, -0.2) is 13.8 Å². The first-order valence-electron chi connectivity index (χ1n) is 9.01. The van der Waals surface area contributed by atoms with Crippen molar-refractivity contribution in [3.63, 3.8) is 0 Å². The Morgan fingerprint density at radius 3 is 2.60 bits per heavy atom. The van der Waals surface area contributed by atoms with E-state index in [-0.39, 0.29) is 30.0 Å². The molecular weight excluding hydrogens is 407 g/mol. The van der Waals surface area contributed by atoms with Crippen LogP contribution in [0.5, 0.6) is 0 Å². The highest BCUT2D eigenvalue weighted by Gasteiger charge is 2.33. The molecule has 0 bridgehead atoms. The predicted molar refractivity (Wildman–Crippen MR) is 95.9 cm³/mol. The Morgan fingerprint density at radius 1 is 1.07 bits per heavy atom. The summed E-state index contributed by atoms with van der Waals surface area (Å²) in [7, 11) is 0. The molecule has 0 N–H and O–H groups in total. The highest BCUT2D eigenvalue weighted by Crippen LogP contribution is 2.30. The zero-order valence-corrected chi connectivity index (χ0v) is 15.5. The largest absolute Gasteiger partial charge is 0.433 e. The molecule has 1 aliphatic heterocycles. The first-order valence-corrected chi connectivity index (χ1v) is 9.01. The van der Waals surface area contributed by atoms with Crippen molar-refractivity contribution < 1.29 is 26.7 Å². The molecule has 156 valence electrons. The van der Waals surface area contributed by atoms with E-state index in [0.717, 1.165) is 24.4 Å². The Hall–Kier alpha value is -3.30. The van der Waals surface area contributed by atoms with Gasteiger partial charge in [-0.2, -0.15) is 13.2 Å². The van der Waals surface area contributed by atoms with Gasteiger partial charge in [0.05, 0.1) is 30.7 Å². The van der Waals surface area contributed by atoms with Gasteiger partial charge in [0, 0.05) is 30.9 Å². The molecule has 0 aliphatic carbocycles. The molecule has 10 heteroatoms. The lowest BCUT2D eigenvalue weighted by molar-refractivity contribution is -0.141. The summed E-state index contributed by atoms with van der Waals surface area (Å²) in [4.78, 5) is 21.7. The van der Waals surface area contributed by atoms with Gasteiger partial charge in [-0.3, -0.25) is 9.78 Å². The van der Waals surface area contributed by atoms with Gasteiger partial charge in [-0.15, -0.1) is 0 Å². The highest BCUT2D eigenvalue weighted by atomic mass is 19.4. The SMILES string of the molecule is O=C(Cc1ccnc(C(F)(F)F)c1)N1CCn2cnc(-c3ccc(F)cc3F)c2C1. The lowest BCUT2D eigenvalue weighted by atomic mass is 10.1. The summed E-state index contributed by atoms with van der Waals surface area (Å²) < 4.78 is 67.7. The molecule has 30 heavy (non-hydrogen) atoms. The van der Waals surface area contributed by atoms with Crippen molar-refractivity contribution in [1.29, 1.82) is 0 Å². The van der Waals surface area contributed by atoms with Crippen LogP contribution < -0.4 is 0 Å². The molecule has 1 amide bonds. The summed E-state index contributed by atoms with van der Waals surface area (Å²) in [6.07, 6.45) is -2.27. The normalized spacial score (nSPS) is 14.0. The number of pyridine rings is 1. The van der Waals surface area contributed by atoms with E-state index < -0.39 is 23.5 Å². The molecule has 0 unspecified atom stereocenters. The maximum atomic E-state index is 14.2. The van der Waals surface area contributed by atoms with E-state index >= 15 is 0 Å². The molecule has 3 aromatic rings. The summed E-state index contributed by atoms with van der Waals surface area (Å²) in [5, 5.41) is 0. The van der Waals surface area contributed by atoms with Crippen molar-refractivity contribution in [3.05, 3.63) is 71.4 Å². The number of rotatable bonds is 3. The second kappa shape index (κ2) is 7.51. The van der Waals surface area contributed by atoms with Crippen LogP contribution in [-0.2, 0) is 30.5 Å². The maximum Gasteiger partial charge on any atom is 0.433 e. The van der Waals surface area contributed by atoms with Crippen molar-refractivity contribution in [1.82, 2.24) is 19.4 Å². The minimum atomic E-state index is -4.59. The Kier molecular flexibility index (Phi) is 5.00. The maximum absolute atomic E-state index is 14.2. The van der Waals surface area contributed by atoms with Crippen molar-refractivity contribution in [2.75, 3.05) is 6.54 Å². The average molecular weight is 422 g/mol. The van der Waals surface area contributed by atoms with Gasteiger partial charge in [-0.05, 0) is 29.8 Å². The number of benzene rings is 1. The molecule has 1 aromatic carbocycles. The first kappa shape index (κ1) is 20.0. The smallest absolute Gasteiger partial charge is 0.335 e. The van der Waals surface area contributed by atoms with Gasteiger partial charge in [0.15, 0.2) is 0 Å². The van der Waals surface area contributed by atoms with E-state index in [1.807, 2.05) is 0 Å². The zero-order chi connectivity index (χ0) is 21.5. The number of halogens is 5. The van der Waals surface area contributed by atoms with E-state index in [0.29, 0.717) is 24.5 Å². The topological polar surface area (TPSA) is 51.0 Å². The molecule has 1 aliphatic rings. The van der Waals surface area contributed by atoms with E-state index in [2.05, 4.69) is 9.97 Å². The van der Waals surface area contributed by atoms with E-state index in [4.69, 9.17) is 0 Å². The second-order valence-corrected chi connectivity index (χ2v) is 6.90. The number of carbonyl (C=O) groups is 1. The third kappa shape index (κ3) is 3.89. The number of hydrogen-bond donors (Lipinski definition) is 0. The van der Waals surface area contributed by atoms with Crippen LogP contribution >= 0.6 is 0 Å². The monoisotopic (exact) mass is 422 g/mol. The lowest BCUT2D eigenvalue weighted by Crippen LogP contribution is -2.39. The second-order valence-electron chi connectivity index (χ2n) is 6.90. The van der Waals surface area contributed by atoms with Gasteiger partial charge in [-0.1, -0.05) is 0 Å². The molecule has 2 aromatic heterocycles. The number of alkyl halides is 3. The third-order valence-electron chi connectivity index (χ3n) is 4.91. The lowest BCUT2D eigenvalue weighted by Gasteiger charge is -2.29. The van der Waals surface area contributed by atoms with Gasteiger partial charge >= 0.3 is 6.18 Å². The average Bonchev–Trinajstić information content (AvgIpc) is 3.10. The van der Waals surface area contributed by atoms with E-state index in [1.54, 1.807) is 4.57 Å². The molecule has 0 saturated carbocycles. The number of aromatic nitrogens is 3. The van der Waals surface area contributed by atoms with Crippen molar-refractivity contribution >= 4 is 5.91 Å². The number of nitrogens with zero attached hydrogens (tertiary/aromatic N) is 4. The number of carbonyl (C=O) groups excluding carboxylic acids is 1. The summed E-state index contributed by atoms with van der Waals surface area (Å²) in [6, 6.07) is 5.38. The molecule has 3 heterocycles. The fourth-order valence-electron chi connectivity index (χ4n) is 3.40. The third-order valence-corrected chi connectivity index (χ3v) is 4.91. The zero-order valence-electron chi connectivity index (χ0n) is 15.5. The summed E-state index contributed by atoms with van der Waals surface area (Å²) in [6.45, 7) is 0.855. The van der Waals surface area contributed by atoms with E-state index in [9.17, 15) is 26.7 Å². The van der Waals surface area contributed by atoms with Crippen LogP contribution in [0.4, 0.5) is 22.0 Å². The Labute approximate surface area is 167 Å². The summed E-state index contributed by atoms with van der Waals surface area (Å²) >= 11 is 0. The van der Waals surface area contributed by atoms with Crippen molar-refractivity contribution in [2.45, 2.75) is 25.7 Å². The quantitative estimate of drug-likeness (QED) is 0.603. The summed E-state index contributed by atoms with van der Waals surface area (Å²) in [5.41, 5.74) is 0.132. The predicted octanol–water partition coefficient (Wildman–Crippen LogP) is 3.83. The van der Waals surface area contributed by atoms with Gasteiger partial charge < -0.3 is 9.47 Å². The van der Waals surface area contributed by atoms with Crippen LogP contribution in [0.1, 0.15) is 17.0 Å². The number of hydrogen-bond acceptors (Lipinski definition) is 3. The molecule has 0 fully saturated rings. The van der Waals surface area contributed by atoms with Crippen LogP contribution in [0, 0.1) is 11.6 Å². The minimum Gasteiger partial charge on any atom is -0.335 e. The fourth-order valence-corrected chi connectivity index (χ4v) is 3.40. The number of imidazole rings is 1. The van der Waals surface area contributed by atoms with Crippen LogP contribution in [0.15, 0.2) is 42.9 Å². The standard InChI is InChI=1S/C20H15F5N4O/c21-13-1-2-14(15(22)9-13)19-16-10-28(5-6-29(16)11-27-19)18(30)8-12-3-4-26-17(7-12)20(23,24)25/h1-4,7,9,11H,5-6,8,10H2. The molecule has 4 rings (SSSR count). The van der Waals surface area contributed by atoms with Crippen molar-refractivity contribution in [2.24, 2.45) is 0 Å².